The van der Waals surface area contributed by atoms with E-state index in [1.165, 1.54) is 14.2 Å². The van der Waals surface area contributed by atoms with Gasteiger partial charge < -0.3 is 9.47 Å². The molecular weight excluding hydrogens is 274 g/mol. The Bertz CT molecular complexity index is 451. The molecule has 0 aliphatic carbocycles. The van der Waals surface area contributed by atoms with Crippen LogP contribution in [0.1, 0.15) is 11.1 Å². The molecule has 0 bridgehead atoms. The standard InChI is InChI=1S/C11H10BrNO3/c1-15-9-3-7(5-10(14)16-2)11(12)8(4-9)6-13/h3-4H,5H2,1-2H3. The van der Waals surface area contributed by atoms with Crippen molar-refractivity contribution in [2.45, 2.75) is 6.42 Å². The van der Waals surface area contributed by atoms with Gasteiger partial charge in [-0.05, 0) is 33.6 Å². The zero-order valence-corrected chi connectivity index (χ0v) is 10.5. The molecule has 0 aliphatic heterocycles. The first-order valence-electron chi connectivity index (χ1n) is 4.45. The highest BCUT2D eigenvalue weighted by Gasteiger charge is 2.12. The van der Waals surface area contributed by atoms with Crippen LogP contribution < -0.4 is 4.74 Å². The number of nitrogens with zero attached hydrogens (tertiary/aromatic N) is 1. The molecule has 0 unspecified atom stereocenters. The third-order valence-electron chi connectivity index (χ3n) is 2.04. The summed E-state index contributed by atoms with van der Waals surface area (Å²) in [4.78, 5) is 11.2. The van der Waals surface area contributed by atoms with Crippen molar-refractivity contribution < 1.29 is 14.3 Å². The van der Waals surface area contributed by atoms with Gasteiger partial charge in [-0.2, -0.15) is 5.26 Å². The van der Waals surface area contributed by atoms with Crippen LogP contribution in [0.4, 0.5) is 0 Å². The molecule has 1 rings (SSSR count). The first-order valence-corrected chi connectivity index (χ1v) is 5.25. The Morgan fingerprint density at radius 1 is 1.50 bits per heavy atom. The van der Waals surface area contributed by atoms with E-state index in [1.54, 1.807) is 12.1 Å². The maximum absolute atomic E-state index is 11.2. The SMILES string of the molecule is COC(=O)Cc1cc(OC)cc(C#N)c1Br. The quantitative estimate of drug-likeness (QED) is 0.797. The van der Waals surface area contributed by atoms with E-state index in [1.807, 2.05) is 6.07 Å². The first kappa shape index (κ1) is 12.5. The van der Waals surface area contributed by atoms with E-state index in [0.717, 1.165) is 0 Å². The zero-order valence-electron chi connectivity index (χ0n) is 8.91. The highest BCUT2D eigenvalue weighted by molar-refractivity contribution is 9.10. The van der Waals surface area contributed by atoms with Gasteiger partial charge in [0, 0.05) is 4.47 Å². The van der Waals surface area contributed by atoms with Crippen molar-refractivity contribution >= 4 is 21.9 Å². The van der Waals surface area contributed by atoms with E-state index in [0.29, 0.717) is 21.3 Å². The van der Waals surface area contributed by atoms with Gasteiger partial charge in [-0.15, -0.1) is 0 Å². The summed E-state index contributed by atoms with van der Waals surface area (Å²) in [5.41, 5.74) is 1.10. The number of hydrogen-bond donors (Lipinski definition) is 0. The van der Waals surface area contributed by atoms with Crippen molar-refractivity contribution in [1.82, 2.24) is 0 Å². The fourth-order valence-electron chi connectivity index (χ4n) is 1.21. The van der Waals surface area contributed by atoms with Gasteiger partial charge in [0.2, 0.25) is 0 Å². The Morgan fingerprint density at radius 2 is 2.19 bits per heavy atom. The lowest BCUT2D eigenvalue weighted by Crippen LogP contribution is -2.06. The molecule has 0 heterocycles. The minimum Gasteiger partial charge on any atom is -0.497 e. The average molecular weight is 284 g/mol. The Balaban J connectivity index is 3.17. The molecule has 0 saturated carbocycles. The van der Waals surface area contributed by atoms with Gasteiger partial charge in [-0.25, -0.2) is 0 Å². The largest absolute Gasteiger partial charge is 0.497 e. The van der Waals surface area contributed by atoms with E-state index in [4.69, 9.17) is 10.00 Å². The third-order valence-corrected chi connectivity index (χ3v) is 2.98. The second-order valence-electron chi connectivity index (χ2n) is 3.01. The van der Waals surface area contributed by atoms with Gasteiger partial charge >= 0.3 is 5.97 Å². The molecule has 4 nitrogen and oxygen atoms in total. The predicted octanol–water partition coefficient (Wildman–Crippen LogP) is 2.04. The van der Waals surface area contributed by atoms with Gasteiger partial charge in [0.25, 0.3) is 0 Å². The molecule has 0 atom stereocenters. The molecule has 0 aromatic heterocycles. The highest BCUT2D eigenvalue weighted by Crippen LogP contribution is 2.27. The molecule has 16 heavy (non-hydrogen) atoms. The molecule has 0 fully saturated rings. The minimum absolute atomic E-state index is 0.100. The summed E-state index contributed by atoms with van der Waals surface area (Å²) in [7, 11) is 2.83. The second kappa shape index (κ2) is 5.52. The molecular formula is C11H10BrNO3. The number of carbonyl (C=O) groups is 1. The van der Waals surface area contributed by atoms with Crippen LogP contribution in [-0.4, -0.2) is 20.2 Å². The van der Waals surface area contributed by atoms with Gasteiger partial charge in [0.15, 0.2) is 0 Å². The Hall–Kier alpha value is -1.54. The predicted molar refractivity (Wildman–Crippen MR) is 61.1 cm³/mol. The molecule has 0 aliphatic rings. The molecule has 1 aromatic carbocycles. The molecule has 0 saturated heterocycles. The lowest BCUT2D eigenvalue weighted by molar-refractivity contribution is -0.139. The molecule has 0 amide bonds. The number of esters is 1. The number of methoxy groups -OCH3 is 2. The molecule has 84 valence electrons. The maximum Gasteiger partial charge on any atom is 0.310 e. The van der Waals surface area contributed by atoms with Crippen molar-refractivity contribution in [3.8, 4) is 11.8 Å². The highest BCUT2D eigenvalue weighted by atomic mass is 79.9. The van der Waals surface area contributed by atoms with Gasteiger partial charge in [0.05, 0.1) is 26.2 Å². The summed E-state index contributed by atoms with van der Waals surface area (Å²) in [6.07, 6.45) is 0.100. The summed E-state index contributed by atoms with van der Waals surface area (Å²) in [5.74, 6) is 0.177. The van der Waals surface area contributed by atoms with Crippen LogP contribution in [0.5, 0.6) is 5.75 Å². The van der Waals surface area contributed by atoms with Crippen molar-refractivity contribution in [3.05, 3.63) is 27.7 Å². The Labute approximate surface area is 102 Å². The molecule has 0 N–H and O–H groups in total. The fourth-order valence-corrected chi connectivity index (χ4v) is 1.67. The number of benzene rings is 1. The number of hydrogen-bond acceptors (Lipinski definition) is 4. The lowest BCUT2D eigenvalue weighted by atomic mass is 10.1. The van der Waals surface area contributed by atoms with Crippen LogP contribution >= 0.6 is 15.9 Å². The number of rotatable bonds is 3. The van der Waals surface area contributed by atoms with E-state index in [2.05, 4.69) is 20.7 Å². The summed E-state index contributed by atoms with van der Waals surface area (Å²) < 4.78 is 10.2. The zero-order chi connectivity index (χ0) is 12.1. The molecule has 1 aromatic rings. The molecule has 0 spiro atoms. The second-order valence-corrected chi connectivity index (χ2v) is 3.81. The summed E-state index contributed by atoms with van der Waals surface area (Å²) in [5, 5.41) is 8.90. The van der Waals surface area contributed by atoms with Crippen LogP contribution in [0, 0.1) is 11.3 Å². The van der Waals surface area contributed by atoms with Crippen LogP contribution in [0.3, 0.4) is 0 Å². The van der Waals surface area contributed by atoms with Crippen molar-refractivity contribution in [1.29, 1.82) is 5.26 Å². The number of carbonyl (C=O) groups excluding carboxylic acids is 1. The van der Waals surface area contributed by atoms with Gasteiger partial charge in [0.1, 0.15) is 11.8 Å². The maximum atomic E-state index is 11.2. The number of halogens is 1. The van der Waals surface area contributed by atoms with E-state index >= 15 is 0 Å². The van der Waals surface area contributed by atoms with Gasteiger partial charge in [-0.1, -0.05) is 0 Å². The van der Waals surface area contributed by atoms with Crippen molar-refractivity contribution in [2.24, 2.45) is 0 Å². The summed E-state index contributed by atoms with van der Waals surface area (Å²) in [6, 6.07) is 5.32. The van der Waals surface area contributed by atoms with Crippen LogP contribution in [0.15, 0.2) is 16.6 Å². The van der Waals surface area contributed by atoms with Gasteiger partial charge in [-0.3, -0.25) is 4.79 Å². The normalized spacial score (nSPS) is 9.38. The first-order chi connectivity index (χ1) is 7.62. The van der Waals surface area contributed by atoms with Crippen molar-refractivity contribution in [3.63, 3.8) is 0 Å². The monoisotopic (exact) mass is 283 g/mol. The fraction of sp³-hybridized carbons (Fsp3) is 0.273. The van der Waals surface area contributed by atoms with E-state index in [9.17, 15) is 4.79 Å². The lowest BCUT2D eigenvalue weighted by Gasteiger charge is -2.08. The Kier molecular flexibility index (Phi) is 4.32. The van der Waals surface area contributed by atoms with Crippen LogP contribution in [0.2, 0.25) is 0 Å². The summed E-state index contributed by atoms with van der Waals surface area (Å²) in [6.45, 7) is 0. The minimum atomic E-state index is -0.363. The topological polar surface area (TPSA) is 59.3 Å². The van der Waals surface area contributed by atoms with E-state index < -0.39 is 0 Å². The molecule has 5 heteroatoms. The number of ether oxygens (including phenoxy) is 2. The molecule has 0 radical (unpaired) electrons. The van der Waals surface area contributed by atoms with E-state index in [-0.39, 0.29) is 12.4 Å². The average Bonchev–Trinajstić information content (AvgIpc) is 2.31. The summed E-state index contributed by atoms with van der Waals surface area (Å²) >= 11 is 3.28. The van der Waals surface area contributed by atoms with Crippen molar-refractivity contribution in [2.75, 3.05) is 14.2 Å². The van der Waals surface area contributed by atoms with Crippen LogP contribution in [0.25, 0.3) is 0 Å². The smallest absolute Gasteiger partial charge is 0.310 e. The number of nitriles is 1. The third kappa shape index (κ3) is 2.74. The Morgan fingerprint density at radius 3 is 2.69 bits per heavy atom. The van der Waals surface area contributed by atoms with Crippen LogP contribution in [-0.2, 0) is 16.0 Å².